The van der Waals surface area contributed by atoms with Gasteiger partial charge in [-0.05, 0) is 42.5 Å². The highest BCUT2D eigenvalue weighted by Gasteiger charge is 2.06. The quantitative estimate of drug-likeness (QED) is 0.740. The molecule has 0 bridgehead atoms. The molecule has 0 radical (unpaired) electrons. The number of hydrogen-bond acceptors (Lipinski definition) is 3. The lowest BCUT2D eigenvalue weighted by atomic mass is 10.2. The van der Waals surface area contributed by atoms with Crippen LogP contribution in [0.3, 0.4) is 0 Å². The molecule has 0 amide bonds. The van der Waals surface area contributed by atoms with Crippen molar-refractivity contribution >= 4 is 22.6 Å². The molecule has 3 aromatic rings. The minimum Gasteiger partial charge on any atom is -0.489 e. The summed E-state index contributed by atoms with van der Waals surface area (Å²) in [6, 6.07) is 12.9. The molecule has 2 aromatic carbocycles. The number of nitrogens with two attached hydrogens (primary N) is 1. The van der Waals surface area contributed by atoms with Gasteiger partial charge in [-0.1, -0.05) is 11.6 Å². The molecule has 0 spiro atoms. The Balaban J connectivity index is 1.78. The molecule has 0 aliphatic carbocycles. The minimum absolute atomic E-state index is 0.134. The van der Waals surface area contributed by atoms with E-state index in [1.54, 1.807) is 6.07 Å². The summed E-state index contributed by atoms with van der Waals surface area (Å²) in [6.45, 7) is 0.269. The molecule has 0 aliphatic rings. The molecule has 0 fully saturated rings. The fraction of sp³-hybridized carbons (Fsp3) is 0.118. The maximum absolute atomic E-state index is 12.4. The van der Waals surface area contributed by atoms with Crippen LogP contribution in [0, 0.1) is 0 Å². The van der Waals surface area contributed by atoms with Crippen LogP contribution < -0.4 is 10.5 Å². The van der Waals surface area contributed by atoms with E-state index in [1.165, 1.54) is 0 Å². The molecule has 0 saturated carbocycles. The molecule has 118 valence electrons. The van der Waals surface area contributed by atoms with Crippen LogP contribution in [0.4, 0.5) is 4.39 Å². The zero-order valence-corrected chi connectivity index (χ0v) is 13.0. The summed E-state index contributed by atoms with van der Waals surface area (Å²) in [5, 5.41) is 0.660. The number of hydrogen-bond donors (Lipinski definition) is 2. The second-order valence-electron chi connectivity index (χ2n) is 5.03. The number of imidazole rings is 1. The third-order valence-electron chi connectivity index (χ3n) is 3.41. The summed E-state index contributed by atoms with van der Waals surface area (Å²) < 4.78 is 17.9. The Bertz CT molecular complexity index is 843. The first kappa shape index (κ1) is 15.5. The van der Waals surface area contributed by atoms with Gasteiger partial charge < -0.3 is 15.5 Å². The van der Waals surface area contributed by atoms with E-state index in [1.807, 2.05) is 36.4 Å². The summed E-state index contributed by atoms with van der Waals surface area (Å²) in [5.41, 5.74) is 8.45. The fourth-order valence-corrected chi connectivity index (χ4v) is 2.31. The van der Waals surface area contributed by atoms with Gasteiger partial charge >= 0.3 is 0 Å². The summed E-state index contributed by atoms with van der Waals surface area (Å²) in [6.07, 6.45) is 0.480. The average Bonchev–Trinajstić information content (AvgIpc) is 2.99. The van der Waals surface area contributed by atoms with Gasteiger partial charge in [0.05, 0.1) is 17.4 Å². The van der Waals surface area contributed by atoms with Gasteiger partial charge in [0.2, 0.25) is 0 Å². The van der Waals surface area contributed by atoms with Gasteiger partial charge in [-0.25, -0.2) is 9.37 Å². The lowest BCUT2D eigenvalue weighted by Gasteiger charge is -2.07. The van der Waals surface area contributed by atoms with Crippen LogP contribution in [0.1, 0.15) is 0 Å². The summed E-state index contributed by atoms with van der Waals surface area (Å²) in [7, 11) is 0. The Labute approximate surface area is 137 Å². The Kier molecular flexibility index (Phi) is 4.60. The van der Waals surface area contributed by atoms with E-state index >= 15 is 0 Å². The molecule has 0 aliphatic heterocycles. The van der Waals surface area contributed by atoms with E-state index in [2.05, 4.69) is 9.97 Å². The number of ether oxygens (including phenoxy) is 1. The normalized spacial score (nSPS) is 11.9. The van der Waals surface area contributed by atoms with Gasteiger partial charge in [-0.3, -0.25) is 0 Å². The van der Waals surface area contributed by atoms with Crippen LogP contribution in [0.25, 0.3) is 22.4 Å². The number of aromatic amines is 1. The monoisotopic (exact) mass is 331 g/mol. The number of fused-ring (bicyclic) bond motifs is 1. The van der Waals surface area contributed by atoms with Gasteiger partial charge in [-0.2, -0.15) is 0 Å². The molecule has 0 saturated heterocycles. The number of nitrogens with one attached hydrogen (secondary N) is 1. The zero-order chi connectivity index (χ0) is 16.2. The van der Waals surface area contributed by atoms with Gasteiger partial charge in [0.1, 0.15) is 18.2 Å². The topological polar surface area (TPSA) is 63.9 Å². The standard InChI is InChI=1S/C17H15ClFN3O/c18-13-3-6-15-16(7-13)22-17(21-15)12-1-4-14(5-2-12)23-10-11(8-19)9-20/h1-8H,9-10,20H2,(H,21,22)/b11-8-. The minimum atomic E-state index is 0.134. The van der Waals surface area contributed by atoms with Gasteiger partial charge in [0.15, 0.2) is 0 Å². The van der Waals surface area contributed by atoms with Gasteiger partial charge in [0.25, 0.3) is 0 Å². The van der Waals surface area contributed by atoms with Crippen molar-refractivity contribution in [2.45, 2.75) is 0 Å². The molecule has 0 unspecified atom stereocenters. The van der Waals surface area contributed by atoms with Crippen LogP contribution in [-0.2, 0) is 0 Å². The average molecular weight is 332 g/mol. The molecule has 3 rings (SSSR count). The first-order valence-electron chi connectivity index (χ1n) is 7.06. The Morgan fingerprint density at radius 3 is 2.74 bits per heavy atom. The van der Waals surface area contributed by atoms with E-state index in [-0.39, 0.29) is 13.2 Å². The highest BCUT2D eigenvalue weighted by atomic mass is 35.5. The zero-order valence-electron chi connectivity index (χ0n) is 12.2. The van der Waals surface area contributed by atoms with Crippen molar-refractivity contribution in [3.05, 3.63) is 59.4 Å². The van der Waals surface area contributed by atoms with Crippen molar-refractivity contribution in [1.29, 1.82) is 0 Å². The predicted molar refractivity (Wildman–Crippen MR) is 90.3 cm³/mol. The van der Waals surface area contributed by atoms with E-state index in [4.69, 9.17) is 22.1 Å². The van der Waals surface area contributed by atoms with Gasteiger partial charge in [0, 0.05) is 22.7 Å². The predicted octanol–water partition coefficient (Wildman–Crippen LogP) is 4.07. The van der Waals surface area contributed by atoms with Crippen molar-refractivity contribution in [1.82, 2.24) is 9.97 Å². The molecule has 4 nitrogen and oxygen atoms in total. The van der Waals surface area contributed by atoms with Crippen molar-refractivity contribution in [2.75, 3.05) is 13.2 Å². The molecule has 3 N–H and O–H groups in total. The third kappa shape index (κ3) is 3.52. The van der Waals surface area contributed by atoms with Crippen LogP contribution in [0.15, 0.2) is 54.4 Å². The molecule has 6 heteroatoms. The van der Waals surface area contributed by atoms with E-state index in [0.29, 0.717) is 22.7 Å². The van der Waals surface area contributed by atoms with E-state index in [9.17, 15) is 4.39 Å². The second-order valence-corrected chi connectivity index (χ2v) is 5.47. The second kappa shape index (κ2) is 6.81. The summed E-state index contributed by atoms with van der Waals surface area (Å²) in [4.78, 5) is 7.75. The molecule has 23 heavy (non-hydrogen) atoms. The first-order valence-corrected chi connectivity index (χ1v) is 7.44. The molecular formula is C17H15ClFN3O. The molecular weight excluding hydrogens is 317 g/mol. The van der Waals surface area contributed by atoms with Crippen molar-refractivity contribution in [3.8, 4) is 17.1 Å². The van der Waals surface area contributed by atoms with Crippen LogP contribution >= 0.6 is 11.6 Å². The van der Waals surface area contributed by atoms with Gasteiger partial charge in [-0.15, -0.1) is 0 Å². The van der Waals surface area contributed by atoms with Crippen LogP contribution in [0.2, 0.25) is 5.02 Å². The highest BCUT2D eigenvalue weighted by Crippen LogP contribution is 2.24. The molecule has 1 aromatic heterocycles. The van der Waals surface area contributed by atoms with Crippen LogP contribution in [-0.4, -0.2) is 23.1 Å². The molecule has 1 heterocycles. The smallest absolute Gasteiger partial charge is 0.138 e. The van der Waals surface area contributed by atoms with Crippen molar-refractivity contribution in [2.24, 2.45) is 5.73 Å². The molecule has 0 atom stereocenters. The number of aromatic nitrogens is 2. The number of benzene rings is 2. The maximum Gasteiger partial charge on any atom is 0.138 e. The summed E-state index contributed by atoms with van der Waals surface area (Å²) in [5.74, 6) is 1.39. The largest absolute Gasteiger partial charge is 0.489 e. The third-order valence-corrected chi connectivity index (χ3v) is 3.65. The Morgan fingerprint density at radius 1 is 1.26 bits per heavy atom. The lowest BCUT2D eigenvalue weighted by Crippen LogP contribution is -2.10. The summed E-state index contributed by atoms with van der Waals surface area (Å²) >= 11 is 5.97. The number of rotatable bonds is 5. The first-order chi connectivity index (χ1) is 11.2. The number of H-pyrrole nitrogens is 1. The Morgan fingerprint density at radius 2 is 2.04 bits per heavy atom. The number of nitrogens with zero attached hydrogens (tertiary/aromatic N) is 1. The number of halogens is 2. The van der Waals surface area contributed by atoms with E-state index in [0.717, 1.165) is 22.4 Å². The SMILES string of the molecule is NC/C(=C/F)COc1ccc(-c2nc3ccc(Cl)cc3[nH]2)cc1. The van der Waals surface area contributed by atoms with Crippen molar-refractivity contribution < 1.29 is 9.13 Å². The van der Waals surface area contributed by atoms with Crippen LogP contribution in [0.5, 0.6) is 5.75 Å². The van der Waals surface area contributed by atoms with Crippen molar-refractivity contribution in [3.63, 3.8) is 0 Å². The maximum atomic E-state index is 12.4. The lowest BCUT2D eigenvalue weighted by molar-refractivity contribution is 0.347. The fourth-order valence-electron chi connectivity index (χ4n) is 2.14. The van der Waals surface area contributed by atoms with E-state index < -0.39 is 0 Å². The highest BCUT2D eigenvalue weighted by molar-refractivity contribution is 6.31. The Hall–Kier alpha value is -2.37.